The van der Waals surface area contributed by atoms with Gasteiger partial charge in [0.1, 0.15) is 17.6 Å². The number of nitrogens with zero attached hydrogens (tertiary/aromatic N) is 4. The summed E-state index contributed by atoms with van der Waals surface area (Å²) >= 11 is 0. The summed E-state index contributed by atoms with van der Waals surface area (Å²) in [6, 6.07) is 10.4. The van der Waals surface area contributed by atoms with E-state index in [0.717, 1.165) is 5.56 Å². The Morgan fingerprint density at radius 3 is 2.43 bits per heavy atom. The molecule has 0 radical (unpaired) electrons. The number of phosphoric acid groups is 1. The van der Waals surface area contributed by atoms with E-state index < -0.39 is 32.6 Å². The third kappa shape index (κ3) is 8.90. The van der Waals surface area contributed by atoms with Gasteiger partial charge in [-0.15, -0.1) is 0 Å². The summed E-state index contributed by atoms with van der Waals surface area (Å²) in [6.07, 6.45) is 1.39. The van der Waals surface area contributed by atoms with Gasteiger partial charge in [0.15, 0.2) is 5.82 Å². The van der Waals surface area contributed by atoms with E-state index in [2.05, 4.69) is 25.2 Å². The minimum Gasteiger partial charge on any atom is -0.746 e. The van der Waals surface area contributed by atoms with Crippen molar-refractivity contribution in [2.45, 2.75) is 20.3 Å². The van der Waals surface area contributed by atoms with Crippen molar-refractivity contribution in [2.75, 3.05) is 26.2 Å². The van der Waals surface area contributed by atoms with Crippen LogP contribution in [0.1, 0.15) is 37.4 Å². The number of anilines is 2. The molecule has 2 aromatic carbocycles. The maximum absolute atomic E-state index is 13.2. The Morgan fingerprint density at radius 1 is 1.09 bits per heavy atom. The molecule has 18 heteroatoms. The Labute approximate surface area is 284 Å². The van der Waals surface area contributed by atoms with Crippen LogP contribution >= 0.6 is 7.82 Å². The van der Waals surface area contributed by atoms with E-state index in [1.165, 1.54) is 55.4 Å². The van der Waals surface area contributed by atoms with Crippen LogP contribution in [-0.2, 0) is 25.3 Å². The van der Waals surface area contributed by atoms with Crippen molar-refractivity contribution in [3.63, 3.8) is 0 Å². The first-order valence-corrected chi connectivity index (χ1v) is 14.6. The zero-order valence-corrected chi connectivity index (χ0v) is 28.4. The molecule has 0 saturated carbocycles. The minimum atomic E-state index is -4.96. The van der Waals surface area contributed by atoms with Crippen molar-refractivity contribution in [3.05, 3.63) is 82.8 Å². The number of rotatable bonds is 10. The number of hydrogen-bond acceptors (Lipinski definition) is 12. The van der Waals surface area contributed by atoms with Gasteiger partial charge in [-0.25, -0.2) is 19.2 Å². The SMILES string of the molecule is CNC(=O)c1ccc(C)c(Nc2ncnn3cc(C(=O)N(C)C(=O)OCOC(=O)Cc4ccc(OP(=O)([O-])O)cc4)c(C)c23)c1.[Na+]. The zero-order valence-electron chi connectivity index (χ0n) is 25.5. The Bertz CT molecular complexity index is 1830. The fraction of sp³-hybridized carbons (Fsp3) is 0.214. The van der Waals surface area contributed by atoms with E-state index >= 15 is 0 Å². The van der Waals surface area contributed by atoms with E-state index in [1.807, 2.05) is 6.92 Å². The fourth-order valence-electron chi connectivity index (χ4n) is 4.16. The van der Waals surface area contributed by atoms with Crippen molar-refractivity contribution >= 4 is 48.7 Å². The second-order valence-corrected chi connectivity index (χ2v) is 10.7. The molecule has 236 valence electrons. The van der Waals surface area contributed by atoms with Crippen LogP contribution in [0.15, 0.2) is 55.0 Å². The molecular formula is C28H28N6NaO10P. The topological polar surface area (TPSA) is 214 Å². The summed E-state index contributed by atoms with van der Waals surface area (Å²) in [5.41, 5.74) is 3.37. The van der Waals surface area contributed by atoms with Crippen LogP contribution in [-0.4, -0.2) is 69.2 Å². The number of amides is 3. The zero-order chi connectivity index (χ0) is 32.9. The largest absolute Gasteiger partial charge is 1.00 e. The quantitative estimate of drug-likeness (QED) is 0.0826. The molecule has 4 aromatic rings. The van der Waals surface area contributed by atoms with Crippen molar-refractivity contribution in [1.82, 2.24) is 24.8 Å². The average molecular weight is 663 g/mol. The molecule has 46 heavy (non-hydrogen) atoms. The molecule has 2 aromatic heterocycles. The summed E-state index contributed by atoms with van der Waals surface area (Å²) in [6.45, 7) is 2.74. The molecule has 3 N–H and O–H groups in total. The minimum absolute atomic E-state index is 0. The number of benzene rings is 2. The fourth-order valence-corrected chi connectivity index (χ4v) is 4.55. The number of hydrogen-bond donors (Lipinski definition) is 3. The van der Waals surface area contributed by atoms with Gasteiger partial charge in [0.25, 0.3) is 11.8 Å². The van der Waals surface area contributed by atoms with Gasteiger partial charge in [0.2, 0.25) is 6.79 Å². The monoisotopic (exact) mass is 662 g/mol. The normalized spacial score (nSPS) is 11.9. The Morgan fingerprint density at radius 2 is 1.78 bits per heavy atom. The number of aromatic nitrogens is 3. The Hall–Kier alpha value is -4.31. The molecule has 16 nitrogen and oxygen atoms in total. The maximum Gasteiger partial charge on any atom is 1.00 e. The standard InChI is InChI=1S/C28H29N6O10P.Na/c1-16-5-8-19(26(36)29-3)12-22(16)32-25-24-17(2)21(13-34(24)31-14-30-25)27(37)33(4)28(38)43-15-42-23(35)11-18-6-9-20(10-7-18)44-45(39,40)41;/h5-10,12-14H,11,15H2,1-4H3,(H,29,36)(H,30,31,32)(H2,39,40,41);/q;+1/p-1. The molecule has 0 aliphatic carbocycles. The summed E-state index contributed by atoms with van der Waals surface area (Å²) in [7, 11) is -2.23. The van der Waals surface area contributed by atoms with E-state index in [4.69, 9.17) is 14.4 Å². The molecule has 0 bridgehead atoms. The number of phosphoric ester groups is 1. The van der Waals surface area contributed by atoms with Gasteiger partial charge >= 0.3 is 49.4 Å². The van der Waals surface area contributed by atoms with Crippen LogP contribution < -0.4 is 49.6 Å². The number of carbonyl (C=O) groups excluding carboxylic acids is 4. The van der Waals surface area contributed by atoms with Crippen LogP contribution in [0, 0.1) is 13.8 Å². The average Bonchev–Trinajstić information content (AvgIpc) is 3.34. The van der Waals surface area contributed by atoms with Crippen LogP contribution in [0.5, 0.6) is 5.75 Å². The third-order valence-electron chi connectivity index (χ3n) is 6.51. The van der Waals surface area contributed by atoms with Crippen LogP contribution in [0.2, 0.25) is 0 Å². The van der Waals surface area contributed by atoms with Gasteiger partial charge in [-0.1, -0.05) is 18.2 Å². The van der Waals surface area contributed by atoms with Gasteiger partial charge in [0, 0.05) is 31.5 Å². The molecule has 1 atom stereocenters. The molecule has 0 aliphatic rings. The maximum atomic E-state index is 13.2. The Kier molecular flexibility index (Phi) is 12.0. The number of esters is 1. The molecule has 0 fully saturated rings. The number of fused-ring (bicyclic) bond motifs is 1. The summed E-state index contributed by atoms with van der Waals surface area (Å²) in [5, 5.41) is 9.93. The smallest absolute Gasteiger partial charge is 0.746 e. The molecule has 0 saturated heterocycles. The van der Waals surface area contributed by atoms with Gasteiger partial charge < -0.3 is 34.4 Å². The second kappa shape index (κ2) is 15.3. The van der Waals surface area contributed by atoms with Gasteiger partial charge in [0.05, 0.1) is 12.0 Å². The summed E-state index contributed by atoms with van der Waals surface area (Å²) < 4.78 is 26.4. The van der Waals surface area contributed by atoms with E-state index in [1.54, 1.807) is 25.1 Å². The van der Waals surface area contributed by atoms with Crippen molar-refractivity contribution < 1.29 is 77.1 Å². The molecule has 2 heterocycles. The number of aryl methyl sites for hydroxylation is 2. The molecule has 4 rings (SSSR count). The van der Waals surface area contributed by atoms with Crippen molar-refractivity contribution in [2.24, 2.45) is 0 Å². The number of carbonyl (C=O) groups is 4. The number of ether oxygens (including phenoxy) is 2. The van der Waals surface area contributed by atoms with Crippen molar-refractivity contribution in [1.29, 1.82) is 0 Å². The van der Waals surface area contributed by atoms with Gasteiger partial charge in [-0.3, -0.25) is 18.9 Å². The molecule has 1 unspecified atom stereocenters. The molecule has 3 amide bonds. The molecular weight excluding hydrogens is 634 g/mol. The third-order valence-corrected chi connectivity index (χ3v) is 6.95. The number of imide groups is 1. The van der Waals surface area contributed by atoms with Crippen LogP contribution in [0.4, 0.5) is 16.3 Å². The first-order valence-electron chi connectivity index (χ1n) is 13.1. The van der Waals surface area contributed by atoms with E-state index in [9.17, 15) is 28.6 Å². The molecule has 0 spiro atoms. The van der Waals surface area contributed by atoms with E-state index in [-0.39, 0.29) is 53.2 Å². The van der Waals surface area contributed by atoms with E-state index in [0.29, 0.717) is 38.6 Å². The van der Waals surface area contributed by atoms with Crippen LogP contribution in [0.25, 0.3) is 5.52 Å². The van der Waals surface area contributed by atoms with Gasteiger partial charge in [-0.2, -0.15) is 5.10 Å². The predicted octanol–water partition coefficient (Wildman–Crippen LogP) is -0.755. The predicted molar refractivity (Wildman–Crippen MR) is 156 cm³/mol. The first-order chi connectivity index (χ1) is 21.3. The number of nitrogens with one attached hydrogen (secondary N) is 2. The van der Waals surface area contributed by atoms with Crippen molar-refractivity contribution in [3.8, 4) is 5.75 Å². The van der Waals surface area contributed by atoms with Gasteiger partial charge in [-0.05, 0) is 54.8 Å². The summed E-state index contributed by atoms with van der Waals surface area (Å²) in [5.74, 6) is -1.54. The Balaban J connectivity index is 0.00000576. The summed E-state index contributed by atoms with van der Waals surface area (Å²) in [4.78, 5) is 74.6. The first kappa shape index (κ1) is 36.2. The second-order valence-electron chi connectivity index (χ2n) is 9.59. The van der Waals surface area contributed by atoms with Crippen LogP contribution in [0.3, 0.4) is 0 Å². The molecule has 0 aliphatic heterocycles.